The van der Waals surface area contributed by atoms with Crippen molar-refractivity contribution in [3.8, 4) is 0 Å². The lowest BCUT2D eigenvalue weighted by Crippen LogP contribution is -2.46. The fourth-order valence-electron chi connectivity index (χ4n) is 2.53. The van der Waals surface area contributed by atoms with Crippen molar-refractivity contribution in [3.05, 3.63) is 12.7 Å². The maximum Gasteiger partial charge on any atom is 0.243 e. The van der Waals surface area contributed by atoms with Gasteiger partial charge in [-0.05, 0) is 39.5 Å². The fraction of sp³-hybridized carbons (Fsp3) is 0.765. The Morgan fingerprint density at radius 2 is 1.96 bits per heavy atom. The quantitative estimate of drug-likeness (QED) is 0.269. The van der Waals surface area contributed by atoms with Gasteiger partial charge in [0.1, 0.15) is 6.54 Å². The minimum Gasteiger partial charge on any atom is -0.376 e. The van der Waals surface area contributed by atoms with Gasteiger partial charge in [-0.3, -0.25) is 4.79 Å². The number of guanidine groups is 1. The van der Waals surface area contributed by atoms with Crippen LogP contribution in [0.25, 0.3) is 0 Å². The fourth-order valence-corrected chi connectivity index (χ4v) is 2.53. The predicted octanol–water partition coefficient (Wildman–Crippen LogP) is 2.15. The second-order valence-corrected chi connectivity index (χ2v) is 6.43. The van der Waals surface area contributed by atoms with Crippen LogP contribution in [0.2, 0.25) is 0 Å². The van der Waals surface area contributed by atoms with Crippen LogP contribution < -0.4 is 10.6 Å². The molecule has 0 unspecified atom stereocenters. The first-order valence-electron chi connectivity index (χ1n) is 8.43. The summed E-state index contributed by atoms with van der Waals surface area (Å²) in [5, 5.41) is 6.60. The minimum absolute atomic E-state index is 0. The number of halogens is 1. The monoisotopic (exact) mass is 452 g/mol. The molecule has 1 amide bonds. The van der Waals surface area contributed by atoms with Gasteiger partial charge in [-0.15, -0.1) is 30.6 Å². The molecule has 24 heavy (non-hydrogen) atoms. The number of aliphatic imine (C=N–C) groups is 1. The van der Waals surface area contributed by atoms with Crippen molar-refractivity contribution >= 4 is 35.8 Å². The van der Waals surface area contributed by atoms with E-state index in [1.54, 1.807) is 25.1 Å². The Morgan fingerprint density at radius 1 is 1.33 bits per heavy atom. The van der Waals surface area contributed by atoms with Crippen LogP contribution in [0.5, 0.6) is 0 Å². The van der Waals surface area contributed by atoms with Gasteiger partial charge >= 0.3 is 0 Å². The van der Waals surface area contributed by atoms with Gasteiger partial charge in [-0.1, -0.05) is 6.08 Å². The molecule has 0 aliphatic heterocycles. The molecule has 0 spiro atoms. The number of likely N-dealkylation sites (N-methyl/N-ethyl adjacent to an activating group) is 1. The topological polar surface area (TPSA) is 66.0 Å². The van der Waals surface area contributed by atoms with E-state index in [0.29, 0.717) is 24.7 Å². The summed E-state index contributed by atoms with van der Waals surface area (Å²) in [7, 11) is 3.47. The normalized spacial score (nSPS) is 21.0. The van der Waals surface area contributed by atoms with Crippen molar-refractivity contribution in [3.63, 3.8) is 0 Å². The molecule has 2 N–H and O–H groups in total. The van der Waals surface area contributed by atoms with Gasteiger partial charge in [0.15, 0.2) is 5.96 Å². The lowest BCUT2D eigenvalue weighted by atomic mass is 9.93. The largest absolute Gasteiger partial charge is 0.376 e. The van der Waals surface area contributed by atoms with E-state index < -0.39 is 0 Å². The van der Waals surface area contributed by atoms with Gasteiger partial charge in [-0.25, -0.2) is 4.99 Å². The second-order valence-electron chi connectivity index (χ2n) is 6.43. The van der Waals surface area contributed by atoms with Crippen molar-refractivity contribution in [2.75, 3.05) is 27.2 Å². The summed E-state index contributed by atoms with van der Waals surface area (Å²) in [5.74, 6) is 0.659. The molecule has 1 saturated carbocycles. The third kappa shape index (κ3) is 9.46. The number of amides is 1. The Bertz CT molecular complexity index is 405. The van der Waals surface area contributed by atoms with Crippen molar-refractivity contribution in [2.24, 2.45) is 4.99 Å². The number of nitrogens with one attached hydrogen (secondary N) is 2. The maximum atomic E-state index is 11.7. The standard InChI is InChI=1S/C17H32N4O2.HI/c1-6-11-18-17(19-12-16(22)21(4)5)20-14-7-9-15(10-8-14)23-13(2)3;/h6,13-15H,1,7-12H2,2-5H3,(H2,18,19,20);1H. The Hall–Kier alpha value is -0.830. The highest BCUT2D eigenvalue weighted by Crippen LogP contribution is 2.22. The van der Waals surface area contributed by atoms with Crippen LogP contribution >= 0.6 is 24.0 Å². The highest BCUT2D eigenvalue weighted by atomic mass is 127. The van der Waals surface area contributed by atoms with Crippen LogP contribution in [-0.4, -0.2) is 62.2 Å². The second kappa shape index (κ2) is 12.5. The van der Waals surface area contributed by atoms with Crippen LogP contribution in [0, 0.1) is 0 Å². The van der Waals surface area contributed by atoms with Gasteiger partial charge in [0.2, 0.25) is 5.91 Å². The average molecular weight is 452 g/mol. The van der Waals surface area contributed by atoms with Crippen LogP contribution in [0.1, 0.15) is 39.5 Å². The van der Waals surface area contributed by atoms with Gasteiger partial charge in [-0.2, -0.15) is 0 Å². The lowest BCUT2D eigenvalue weighted by Gasteiger charge is -2.31. The van der Waals surface area contributed by atoms with Crippen molar-refractivity contribution in [1.82, 2.24) is 15.5 Å². The molecule has 6 nitrogen and oxygen atoms in total. The molecular weight excluding hydrogens is 419 g/mol. The number of carbonyl (C=O) groups is 1. The van der Waals surface area contributed by atoms with E-state index in [1.165, 1.54) is 0 Å². The van der Waals surface area contributed by atoms with E-state index >= 15 is 0 Å². The molecule has 140 valence electrons. The molecule has 1 aliphatic rings. The van der Waals surface area contributed by atoms with E-state index in [4.69, 9.17) is 4.74 Å². The SMILES string of the molecule is C=CCNC(=NCC(=O)N(C)C)NC1CCC(OC(C)C)CC1.I. The molecule has 0 saturated heterocycles. The highest BCUT2D eigenvalue weighted by molar-refractivity contribution is 14.0. The molecule has 0 heterocycles. The lowest BCUT2D eigenvalue weighted by molar-refractivity contribution is -0.127. The molecule has 0 radical (unpaired) electrons. The van der Waals surface area contributed by atoms with Gasteiger partial charge in [0.05, 0.1) is 12.2 Å². The third-order valence-corrected chi connectivity index (χ3v) is 3.76. The van der Waals surface area contributed by atoms with E-state index in [0.717, 1.165) is 25.7 Å². The molecule has 0 aromatic rings. The van der Waals surface area contributed by atoms with Crippen molar-refractivity contribution in [1.29, 1.82) is 0 Å². The molecule has 0 bridgehead atoms. The average Bonchev–Trinajstić information content (AvgIpc) is 2.50. The summed E-state index contributed by atoms with van der Waals surface area (Å²) in [6.45, 7) is 8.63. The maximum absolute atomic E-state index is 11.7. The third-order valence-electron chi connectivity index (χ3n) is 3.76. The summed E-state index contributed by atoms with van der Waals surface area (Å²) < 4.78 is 5.88. The number of hydrogen-bond acceptors (Lipinski definition) is 3. The number of ether oxygens (including phenoxy) is 1. The van der Waals surface area contributed by atoms with E-state index in [2.05, 4.69) is 36.1 Å². The van der Waals surface area contributed by atoms with Gasteiger partial charge in [0.25, 0.3) is 0 Å². The number of hydrogen-bond donors (Lipinski definition) is 2. The van der Waals surface area contributed by atoms with Crippen LogP contribution in [-0.2, 0) is 9.53 Å². The zero-order valence-corrected chi connectivity index (χ0v) is 17.7. The van der Waals surface area contributed by atoms with Gasteiger partial charge < -0.3 is 20.3 Å². The molecule has 1 rings (SSSR count). The zero-order chi connectivity index (χ0) is 17.2. The molecule has 0 aromatic carbocycles. The van der Waals surface area contributed by atoms with Crippen molar-refractivity contribution in [2.45, 2.75) is 57.8 Å². The molecular formula is C17H33IN4O2. The van der Waals surface area contributed by atoms with Crippen LogP contribution in [0.4, 0.5) is 0 Å². The number of rotatable bonds is 7. The van der Waals surface area contributed by atoms with Crippen LogP contribution in [0.15, 0.2) is 17.6 Å². The first-order valence-corrected chi connectivity index (χ1v) is 8.43. The van der Waals surface area contributed by atoms with Gasteiger partial charge in [0, 0.05) is 26.7 Å². The van der Waals surface area contributed by atoms with E-state index in [-0.39, 0.29) is 42.5 Å². The molecule has 1 fully saturated rings. The van der Waals surface area contributed by atoms with Crippen molar-refractivity contribution < 1.29 is 9.53 Å². The summed E-state index contributed by atoms with van der Waals surface area (Å²) >= 11 is 0. The summed E-state index contributed by atoms with van der Waals surface area (Å²) in [6.07, 6.45) is 6.64. The Morgan fingerprint density at radius 3 is 2.46 bits per heavy atom. The summed E-state index contributed by atoms with van der Waals surface area (Å²) in [6, 6.07) is 0.368. The Kier molecular flexibility index (Phi) is 12.1. The highest BCUT2D eigenvalue weighted by Gasteiger charge is 2.23. The molecule has 1 aliphatic carbocycles. The molecule has 0 atom stereocenters. The zero-order valence-electron chi connectivity index (χ0n) is 15.4. The minimum atomic E-state index is -0.0151. The summed E-state index contributed by atoms with van der Waals surface area (Å²) in [5.41, 5.74) is 0. The predicted molar refractivity (Wildman–Crippen MR) is 110 cm³/mol. The smallest absolute Gasteiger partial charge is 0.243 e. The van der Waals surface area contributed by atoms with Crippen LogP contribution in [0.3, 0.4) is 0 Å². The summed E-state index contributed by atoms with van der Waals surface area (Å²) in [4.78, 5) is 17.6. The molecule has 7 heteroatoms. The van der Waals surface area contributed by atoms with E-state index in [1.807, 2.05) is 0 Å². The Balaban J connectivity index is 0.00000529. The first-order chi connectivity index (χ1) is 10.9. The van der Waals surface area contributed by atoms with E-state index in [9.17, 15) is 4.79 Å². The molecule has 0 aromatic heterocycles. The number of nitrogens with zero attached hydrogens (tertiary/aromatic N) is 2. The first kappa shape index (κ1) is 23.2. The Labute approximate surface area is 163 Å². The number of carbonyl (C=O) groups excluding carboxylic acids is 1.